The third-order valence-electron chi connectivity index (χ3n) is 3.96. The minimum atomic E-state index is -0.629. The largest absolute Gasteiger partial charge is 0.493 e. The Morgan fingerprint density at radius 3 is 2.84 bits per heavy atom. The number of nitro groups is 1. The highest BCUT2D eigenvalue weighted by Crippen LogP contribution is 2.36. The van der Waals surface area contributed by atoms with Gasteiger partial charge in [-0.15, -0.1) is 0 Å². The molecule has 1 aliphatic heterocycles. The van der Waals surface area contributed by atoms with Gasteiger partial charge in [-0.3, -0.25) is 14.9 Å². The summed E-state index contributed by atoms with van der Waals surface area (Å²) < 4.78 is 10.7. The van der Waals surface area contributed by atoms with E-state index in [9.17, 15) is 19.7 Å². The summed E-state index contributed by atoms with van der Waals surface area (Å²) in [6.45, 7) is 0.747. The lowest BCUT2D eigenvalue weighted by atomic mass is 10.1. The van der Waals surface area contributed by atoms with Crippen LogP contribution in [0.25, 0.3) is 0 Å². The van der Waals surface area contributed by atoms with E-state index < -0.39 is 16.9 Å². The lowest BCUT2D eigenvalue weighted by Crippen LogP contribution is -2.36. The highest BCUT2D eigenvalue weighted by molar-refractivity contribution is 9.09. The number of methoxy groups -OCH3 is 1. The zero-order chi connectivity index (χ0) is 18.4. The number of hydrogen-bond acceptors (Lipinski definition) is 6. The van der Waals surface area contributed by atoms with E-state index in [1.54, 1.807) is 0 Å². The van der Waals surface area contributed by atoms with Gasteiger partial charge in [0.1, 0.15) is 11.8 Å². The molecular weight excluding hydrogens is 396 g/mol. The van der Waals surface area contributed by atoms with Crippen LogP contribution in [-0.2, 0) is 4.79 Å². The molecule has 1 saturated heterocycles. The third-order valence-corrected chi connectivity index (χ3v) is 4.52. The number of rotatable bonds is 8. The molecule has 8 nitrogen and oxygen atoms in total. The molecule has 1 unspecified atom stereocenters. The molecule has 1 aromatic carbocycles. The van der Waals surface area contributed by atoms with Crippen LogP contribution in [-0.4, -0.2) is 53.6 Å². The Morgan fingerprint density at radius 1 is 1.48 bits per heavy atom. The van der Waals surface area contributed by atoms with Crippen LogP contribution in [0.1, 0.15) is 29.6 Å². The molecule has 1 amide bonds. The quantitative estimate of drug-likeness (QED) is 0.213. The first-order chi connectivity index (χ1) is 12.0. The number of carbonyl (C=O) groups excluding carboxylic acids is 2. The van der Waals surface area contributed by atoms with E-state index >= 15 is 0 Å². The molecular formula is C16H19BrN2O6. The Morgan fingerprint density at radius 2 is 2.24 bits per heavy atom. The van der Waals surface area contributed by atoms with Crippen molar-refractivity contribution in [2.75, 3.05) is 25.6 Å². The normalized spacial score (nSPS) is 16.6. The van der Waals surface area contributed by atoms with Gasteiger partial charge in [0.25, 0.3) is 11.6 Å². The van der Waals surface area contributed by atoms with E-state index in [2.05, 4.69) is 15.9 Å². The summed E-state index contributed by atoms with van der Waals surface area (Å²) in [6.07, 6.45) is 2.67. The maximum Gasteiger partial charge on any atom is 0.286 e. The van der Waals surface area contributed by atoms with E-state index in [4.69, 9.17) is 9.47 Å². The van der Waals surface area contributed by atoms with E-state index in [-0.39, 0.29) is 22.7 Å². The number of benzene rings is 1. The summed E-state index contributed by atoms with van der Waals surface area (Å²) in [7, 11) is 1.40. The van der Waals surface area contributed by atoms with E-state index in [1.807, 2.05) is 0 Å². The number of alkyl halides is 1. The van der Waals surface area contributed by atoms with Gasteiger partial charge in [-0.25, -0.2) is 0 Å². The third kappa shape index (κ3) is 4.28. The van der Waals surface area contributed by atoms with Gasteiger partial charge < -0.3 is 19.2 Å². The zero-order valence-corrected chi connectivity index (χ0v) is 15.4. The van der Waals surface area contributed by atoms with E-state index in [0.29, 0.717) is 38.7 Å². The number of halogens is 1. The topological polar surface area (TPSA) is 99.0 Å². The van der Waals surface area contributed by atoms with Crippen LogP contribution in [0.2, 0.25) is 0 Å². The molecule has 0 saturated carbocycles. The summed E-state index contributed by atoms with van der Waals surface area (Å²) in [4.78, 5) is 36.0. The molecule has 1 aliphatic rings. The van der Waals surface area contributed by atoms with Gasteiger partial charge in [-0.05, 0) is 19.3 Å². The van der Waals surface area contributed by atoms with Gasteiger partial charge in [-0.1, -0.05) is 15.9 Å². The Hall–Kier alpha value is -2.16. The number of ether oxygens (including phenoxy) is 2. The van der Waals surface area contributed by atoms with Crippen LogP contribution in [0, 0.1) is 10.1 Å². The molecule has 0 bridgehead atoms. The number of carbonyl (C=O) groups is 2. The Kier molecular flexibility index (Phi) is 6.74. The molecule has 1 aromatic rings. The van der Waals surface area contributed by atoms with Crippen LogP contribution in [0.15, 0.2) is 12.1 Å². The maximum absolute atomic E-state index is 12.7. The summed E-state index contributed by atoms with van der Waals surface area (Å²) in [5.41, 5.74) is -0.473. The molecule has 1 fully saturated rings. The predicted molar refractivity (Wildman–Crippen MR) is 93.7 cm³/mol. The van der Waals surface area contributed by atoms with Crippen molar-refractivity contribution in [3.05, 3.63) is 27.8 Å². The molecule has 136 valence electrons. The van der Waals surface area contributed by atoms with Crippen molar-refractivity contribution in [2.45, 2.75) is 25.3 Å². The van der Waals surface area contributed by atoms with Crippen molar-refractivity contribution in [1.82, 2.24) is 4.90 Å². The fraction of sp³-hybridized carbons (Fsp3) is 0.500. The number of aldehydes is 1. The van der Waals surface area contributed by atoms with Crippen LogP contribution in [0.4, 0.5) is 5.69 Å². The van der Waals surface area contributed by atoms with Crippen LogP contribution < -0.4 is 9.47 Å². The molecule has 2 rings (SSSR count). The molecule has 25 heavy (non-hydrogen) atoms. The van der Waals surface area contributed by atoms with Crippen LogP contribution >= 0.6 is 15.9 Å². The van der Waals surface area contributed by atoms with Crippen LogP contribution in [0.3, 0.4) is 0 Å². The first-order valence-corrected chi connectivity index (χ1v) is 8.97. The maximum atomic E-state index is 12.7. The van der Waals surface area contributed by atoms with Crippen molar-refractivity contribution in [2.24, 2.45) is 0 Å². The molecule has 0 aromatic heterocycles. The lowest BCUT2D eigenvalue weighted by Gasteiger charge is -2.21. The van der Waals surface area contributed by atoms with Crippen molar-refractivity contribution in [1.29, 1.82) is 0 Å². The number of hydrogen-bond donors (Lipinski definition) is 0. The molecule has 0 aliphatic carbocycles. The zero-order valence-electron chi connectivity index (χ0n) is 13.8. The average Bonchev–Trinajstić information content (AvgIpc) is 3.09. The SMILES string of the molecule is COc1cc(C(=O)N2CCCC2C=O)c([N+](=O)[O-])cc1OCCCBr. The van der Waals surface area contributed by atoms with Gasteiger partial charge in [0.05, 0.1) is 30.7 Å². The van der Waals surface area contributed by atoms with Crippen molar-refractivity contribution in [3.63, 3.8) is 0 Å². The number of amides is 1. The Balaban J connectivity index is 2.40. The van der Waals surface area contributed by atoms with Gasteiger partial charge in [0.15, 0.2) is 11.5 Å². The molecule has 9 heteroatoms. The van der Waals surface area contributed by atoms with Crippen molar-refractivity contribution in [3.8, 4) is 11.5 Å². The smallest absolute Gasteiger partial charge is 0.286 e. The van der Waals surface area contributed by atoms with Gasteiger partial charge in [0.2, 0.25) is 0 Å². The van der Waals surface area contributed by atoms with Crippen LogP contribution in [0.5, 0.6) is 11.5 Å². The summed E-state index contributed by atoms with van der Waals surface area (Å²) >= 11 is 3.28. The summed E-state index contributed by atoms with van der Waals surface area (Å²) in [5, 5.41) is 12.2. The lowest BCUT2D eigenvalue weighted by molar-refractivity contribution is -0.385. The molecule has 1 atom stereocenters. The molecule has 0 radical (unpaired) electrons. The molecule has 1 heterocycles. The van der Waals surface area contributed by atoms with Gasteiger partial charge in [-0.2, -0.15) is 0 Å². The second kappa shape index (κ2) is 8.80. The minimum Gasteiger partial charge on any atom is -0.493 e. The fourth-order valence-corrected chi connectivity index (χ4v) is 2.95. The predicted octanol–water partition coefficient (Wildman–Crippen LogP) is 2.57. The first kappa shape index (κ1) is 19.2. The first-order valence-electron chi connectivity index (χ1n) is 7.85. The number of nitrogens with zero attached hydrogens (tertiary/aromatic N) is 2. The Labute approximate surface area is 153 Å². The number of nitro benzene ring substituents is 1. The minimum absolute atomic E-state index is 0.108. The van der Waals surface area contributed by atoms with Gasteiger partial charge in [0, 0.05) is 17.9 Å². The van der Waals surface area contributed by atoms with E-state index in [0.717, 1.165) is 5.33 Å². The van der Waals surface area contributed by atoms with E-state index in [1.165, 1.54) is 24.1 Å². The highest BCUT2D eigenvalue weighted by atomic mass is 79.9. The number of likely N-dealkylation sites (tertiary alicyclic amines) is 1. The monoisotopic (exact) mass is 414 g/mol. The van der Waals surface area contributed by atoms with Crippen molar-refractivity contribution >= 4 is 33.8 Å². The summed E-state index contributed by atoms with van der Waals surface area (Å²) in [5.74, 6) is -0.1000. The fourth-order valence-electron chi connectivity index (χ4n) is 2.72. The Bertz CT molecular complexity index is 666. The van der Waals surface area contributed by atoms with Crippen molar-refractivity contribution < 1.29 is 24.0 Å². The standard InChI is InChI=1S/C16H19BrN2O6/c1-24-14-8-12(16(21)18-6-2-4-11(18)10-20)13(19(22)23)9-15(14)25-7-3-5-17/h8-11H,2-7H2,1H3. The average molecular weight is 415 g/mol. The highest BCUT2D eigenvalue weighted by Gasteiger charge is 2.34. The second-order valence-corrected chi connectivity index (χ2v) is 6.31. The molecule has 0 N–H and O–H groups in total. The summed E-state index contributed by atoms with van der Waals surface area (Å²) in [6, 6.07) is 1.96. The van der Waals surface area contributed by atoms with Gasteiger partial charge >= 0.3 is 0 Å². The second-order valence-electron chi connectivity index (χ2n) is 5.51. The molecule has 0 spiro atoms.